The van der Waals surface area contributed by atoms with Crippen LogP contribution < -0.4 is 0 Å². The lowest BCUT2D eigenvalue weighted by Gasteiger charge is -1.94. The van der Waals surface area contributed by atoms with E-state index in [9.17, 15) is 17.3 Å². The van der Waals surface area contributed by atoms with Crippen LogP contribution in [0.2, 0.25) is 0 Å². The van der Waals surface area contributed by atoms with Gasteiger partial charge < -0.3 is 50.1 Å². The first-order valence-corrected chi connectivity index (χ1v) is 2.97. The highest BCUT2D eigenvalue weighted by Gasteiger charge is 2.20. The van der Waals surface area contributed by atoms with Crippen LogP contribution in [0.4, 0.5) is 17.3 Å². The second kappa shape index (κ2) is 19.9. The van der Waals surface area contributed by atoms with E-state index in [0.29, 0.717) is 0 Å². The molecule has 0 atom stereocenters. The van der Waals surface area contributed by atoms with E-state index < -0.39 is 17.7 Å². The average molecular weight is 293 g/mol. The van der Waals surface area contributed by atoms with Gasteiger partial charge in [-0.25, -0.2) is 0 Å². The SMILES string of the molecule is F[B-](F)(F)F.O.O.O.O.O.O.O=S(=O)(O)O. The first-order valence-electron chi connectivity index (χ1n) is 1.57. The molecular formula is H14BF4O10S-. The highest BCUT2D eigenvalue weighted by atomic mass is 32.3. The molecule has 0 aliphatic carbocycles. The van der Waals surface area contributed by atoms with E-state index in [1.165, 1.54) is 0 Å². The molecule has 0 spiro atoms. The van der Waals surface area contributed by atoms with Crippen LogP contribution in [0.1, 0.15) is 0 Å². The summed E-state index contributed by atoms with van der Waals surface area (Å²) in [5.41, 5.74) is 0. The van der Waals surface area contributed by atoms with Gasteiger partial charge in [0, 0.05) is 0 Å². The highest BCUT2D eigenvalue weighted by molar-refractivity contribution is 7.79. The lowest BCUT2D eigenvalue weighted by Crippen LogP contribution is -2.02. The van der Waals surface area contributed by atoms with E-state index in [-0.39, 0.29) is 32.9 Å². The van der Waals surface area contributed by atoms with Crippen LogP contribution in [0, 0.1) is 0 Å². The van der Waals surface area contributed by atoms with E-state index in [1.54, 1.807) is 0 Å². The zero-order valence-electron chi connectivity index (χ0n) is 7.21. The van der Waals surface area contributed by atoms with Crippen LogP contribution in [0.3, 0.4) is 0 Å². The Balaban J connectivity index is -0.00000000970. The molecule has 0 aromatic rings. The Hall–Kier alpha value is -0.585. The summed E-state index contributed by atoms with van der Waals surface area (Å²) in [4.78, 5) is 0. The summed E-state index contributed by atoms with van der Waals surface area (Å²) in [5, 5.41) is 0. The monoisotopic (exact) mass is 293 g/mol. The zero-order chi connectivity index (χ0) is 9.00. The van der Waals surface area contributed by atoms with Gasteiger partial charge in [0.15, 0.2) is 0 Å². The maximum Gasteiger partial charge on any atom is 0.673 e. The second-order valence-corrected chi connectivity index (χ2v) is 1.84. The maximum absolute atomic E-state index is 9.75. The molecule has 10 nitrogen and oxygen atoms in total. The van der Waals surface area contributed by atoms with E-state index in [2.05, 4.69) is 0 Å². The van der Waals surface area contributed by atoms with Gasteiger partial charge in [0.25, 0.3) is 0 Å². The first-order chi connectivity index (χ1) is 4.00. The van der Waals surface area contributed by atoms with Gasteiger partial charge in [-0.1, -0.05) is 0 Å². The van der Waals surface area contributed by atoms with Gasteiger partial charge in [0.05, 0.1) is 0 Å². The van der Waals surface area contributed by atoms with Gasteiger partial charge in [0.2, 0.25) is 0 Å². The van der Waals surface area contributed by atoms with E-state index in [4.69, 9.17) is 17.5 Å². The number of halogens is 4. The summed E-state index contributed by atoms with van der Waals surface area (Å²) < 4.78 is 70.6. The summed E-state index contributed by atoms with van der Waals surface area (Å²) in [6, 6.07) is 0. The van der Waals surface area contributed by atoms with E-state index >= 15 is 0 Å². The molecule has 0 saturated heterocycles. The molecule has 16 heteroatoms. The summed E-state index contributed by atoms with van der Waals surface area (Å²) in [6.07, 6.45) is 0. The van der Waals surface area contributed by atoms with Crippen molar-refractivity contribution in [3.05, 3.63) is 0 Å². The number of hydrogen-bond acceptors (Lipinski definition) is 2. The standard InChI is InChI=1S/BF4.H2O4S.6H2O/c2-1(3,4)5;1-5(2,3)4;;;;;;/h;(H2,1,2,3,4);6*1H2/q-1;;;;;;;. The van der Waals surface area contributed by atoms with Crippen molar-refractivity contribution in [1.82, 2.24) is 0 Å². The van der Waals surface area contributed by atoms with Crippen LogP contribution in [0.15, 0.2) is 0 Å². The van der Waals surface area contributed by atoms with Crippen LogP contribution in [-0.4, -0.2) is 57.6 Å². The molecule has 0 heterocycles. The van der Waals surface area contributed by atoms with Crippen LogP contribution >= 0.6 is 0 Å². The predicted octanol–water partition coefficient (Wildman–Crippen LogP) is -4.30. The first kappa shape index (κ1) is 58.3. The van der Waals surface area contributed by atoms with Gasteiger partial charge in [0.1, 0.15) is 0 Å². The molecule has 0 aliphatic rings. The number of rotatable bonds is 0. The molecule has 0 bridgehead atoms. The molecule has 14 N–H and O–H groups in total. The van der Waals surface area contributed by atoms with Gasteiger partial charge in [-0.15, -0.1) is 0 Å². The van der Waals surface area contributed by atoms with Crippen LogP contribution in [0.25, 0.3) is 0 Å². The fraction of sp³-hybridized carbons (Fsp3) is 0. The summed E-state index contributed by atoms with van der Waals surface area (Å²) in [6.45, 7) is 0. The van der Waals surface area contributed by atoms with Crippen LogP contribution in [0.5, 0.6) is 0 Å². The largest absolute Gasteiger partial charge is 0.673 e. The van der Waals surface area contributed by atoms with Gasteiger partial charge in [-0.3, -0.25) is 9.11 Å². The molecule has 0 rings (SSSR count). The lowest BCUT2D eigenvalue weighted by atomic mass is 10.3. The molecule has 0 saturated carbocycles. The van der Waals surface area contributed by atoms with Crippen molar-refractivity contribution in [3.63, 3.8) is 0 Å². The van der Waals surface area contributed by atoms with Gasteiger partial charge in [-0.05, 0) is 0 Å². The Morgan fingerprint density at radius 1 is 0.688 bits per heavy atom. The molecule has 16 heavy (non-hydrogen) atoms. The third-order valence-corrected chi connectivity index (χ3v) is 0. The smallest absolute Gasteiger partial charge is 0.418 e. The summed E-state index contributed by atoms with van der Waals surface area (Å²) in [5.74, 6) is 0. The zero-order valence-corrected chi connectivity index (χ0v) is 8.02. The fourth-order valence-corrected chi connectivity index (χ4v) is 0. The molecule has 0 fully saturated rings. The number of hydrogen-bond donors (Lipinski definition) is 2. The van der Waals surface area contributed by atoms with Gasteiger partial charge >= 0.3 is 17.7 Å². The fourth-order valence-electron chi connectivity index (χ4n) is 0. The van der Waals surface area contributed by atoms with Crippen molar-refractivity contribution in [2.75, 3.05) is 0 Å². The van der Waals surface area contributed by atoms with Crippen molar-refractivity contribution in [3.8, 4) is 0 Å². The third kappa shape index (κ3) is 6040. The topological polar surface area (TPSA) is 264 Å². The molecule has 0 unspecified atom stereocenters. The second-order valence-electron chi connectivity index (χ2n) is 0.943. The van der Waals surface area contributed by atoms with E-state index in [0.717, 1.165) is 0 Å². The van der Waals surface area contributed by atoms with Crippen molar-refractivity contribution < 1.29 is 67.6 Å². The highest BCUT2D eigenvalue weighted by Crippen LogP contribution is 2.06. The third-order valence-electron chi connectivity index (χ3n) is 0. The van der Waals surface area contributed by atoms with Crippen molar-refractivity contribution >= 4 is 17.7 Å². The quantitative estimate of drug-likeness (QED) is 0.254. The van der Waals surface area contributed by atoms with Crippen molar-refractivity contribution in [2.45, 2.75) is 0 Å². The van der Waals surface area contributed by atoms with Crippen molar-refractivity contribution in [1.29, 1.82) is 0 Å². The minimum atomic E-state index is -6.00. The molecule has 112 valence electrons. The molecule has 0 aromatic carbocycles. The summed E-state index contributed by atoms with van der Waals surface area (Å²) >= 11 is 0. The van der Waals surface area contributed by atoms with Crippen molar-refractivity contribution in [2.24, 2.45) is 0 Å². The molecule has 0 radical (unpaired) electrons. The minimum absolute atomic E-state index is 0. The normalized spacial score (nSPS) is 7.38. The molecular weight excluding hydrogens is 279 g/mol. The summed E-state index contributed by atoms with van der Waals surface area (Å²) in [7, 11) is -10.7. The Labute approximate surface area is 86.4 Å². The Morgan fingerprint density at radius 3 is 0.688 bits per heavy atom. The molecule has 0 aromatic heterocycles. The lowest BCUT2D eigenvalue weighted by molar-refractivity contribution is 0.368. The Bertz CT molecular complexity index is 158. The Morgan fingerprint density at radius 2 is 0.688 bits per heavy atom. The van der Waals surface area contributed by atoms with Gasteiger partial charge in [-0.2, -0.15) is 8.42 Å². The predicted molar refractivity (Wildman–Crippen MR) is 46.0 cm³/mol. The van der Waals surface area contributed by atoms with E-state index in [1.807, 2.05) is 0 Å². The maximum atomic E-state index is 9.75. The average Bonchev–Trinajstić information content (AvgIpc) is 1.12. The molecule has 0 amide bonds. The molecule has 0 aliphatic heterocycles. The minimum Gasteiger partial charge on any atom is -0.418 e. The Kier molecular flexibility index (Phi) is 72.5. The van der Waals surface area contributed by atoms with Crippen LogP contribution in [-0.2, 0) is 10.4 Å².